The van der Waals surface area contributed by atoms with Gasteiger partial charge < -0.3 is 0 Å². The van der Waals surface area contributed by atoms with Gasteiger partial charge >= 0.3 is 0 Å². The van der Waals surface area contributed by atoms with Gasteiger partial charge in [-0.05, 0) is 30.2 Å². The van der Waals surface area contributed by atoms with E-state index in [1.807, 2.05) is 33.0 Å². The highest BCUT2D eigenvalue weighted by molar-refractivity contribution is 5.60. The fraction of sp³-hybridized carbons (Fsp3) is 0.250. The van der Waals surface area contributed by atoms with Gasteiger partial charge in [-0.3, -0.25) is 4.98 Å². The molecule has 1 heterocycles. The SMILES string of the molecule is C=Cc1cc(C)cnc1C=C.CC. The van der Waals surface area contributed by atoms with Crippen LogP contribution in [0.3, 0.4) is 0 Å². The average molecular weight is 175 g/mol. The summed E-state index contributed by atoms with van der Waals surface area (Å²) in [6, 6.07) is 2.04. The fourth-order valence-corrected chi connectivity index (χ4v) is 0.936. The van der Waals surface area contributed by atoms with Crippen LogP contribution in [0.25, 0.3) is 12.2 Å². The third kappa shape index (κ3) is 3.24. The first-order valence-corrected chi connectivity index (χ1v) is 4.49. The summed E-state index contributed by atoms with van der Waals surface area (Å²) in [5, 5.41) is 0. The Labute approximate surface area is 80.8 Å². The molecule has 1 rings (SSSR count). The Balaban J connectivity index is 0.000000671. The fourth-order valence-electron chi connectivity index (χ4n) is 0.936. The minimum absolute atomic E-state index is 0.894. The van der Waals surface area contributed by atoms with Crippen molar-refractivity contribution in [1.29, 1.82) is 0 Å². The minimum atomic E-state index is 0.894. The number of hydrogen-bond acceptors (Lipinski definition) is 1. The summed E-state index contributed by atoms with van der Waals surface area (Å²) < 4.78 is 0. The lowest BCUT2D eigenvalue weighted by atomic mass is 10.1. The molecule has 0 aliphatic rings. The lowest BCUT2D eigenvalue weighted by Crippen LogP contribution is -1.86. The van der Waals surface area contributed by atoms with Crippen LogP contribution in [0.2, 0.25) is 0 Å². The molecule has 0 aliphatic carbocycles. The van der Waals surface area contributed by atoms with Crippen molar-refractivity contribution in [2.45, 2.75) is 20.8 Å². The Morgan fingerprint density at radius 1 is 1.23 bits per heavy atom. The Kier molecular flexibility index (Phi) is 5.53. The monoisotopic (exact) mass is 175 g/mol. The maximum atomic E-state index is 4.18. The number of rotatable bonds is 2. The van der Waals surface area contributed by atoms with Crippen LogP contribution in [0.1, 0.15) is 30.7 Å². The van der Waals surface area contributed by atoms with Gasteiger partial charge in [-0.15, -0.1) is 0 Å². The van der Waals surface area contributed by atoms with Crippen molar-refractivity contribution in [3.63, 3.8) is 0 Å². The molecule has 1 aromatic rings. The van der Waals surface area contributed by atoms with Crippen LogP contribution in [0, 0.1) is 6.92 Å². The van der Waals surface area contributed by atoms with E-state index in [1.165, 1.54) is 0 Å². The largest absolute Gasteiger partial charge is 0.256 e. The summed E-state index contributed by atoms with van der Waals surface area (Å²) in [5.74, 6) is 0. The van der Waals surface area contributed by atoms with E-state index in [9.17, 15) is 0 Å². The molecule has 0 atom stereocenters. The van der Waals surface area contributed by atoms with E-state index in [1.54, 1.807) is 12.2 Å². The van der Waals surface area contributed by atoms with Crippen LogP contribution < -0.4 is 0 Å². The zero-order valence-electron chi connectivity index (χ0n) is 8.67. The van der Waals surface area contributed by atoms with Crippen molar-refractivity contribution in [2.24, 2.45) is 0 Å². The molecule has 0 saturated heterocycles. The number of aryl methyl sites for hydroxylation is 1. The van der Waals surface area contributed by atoms with Crippen molar-refractivity contribution in [3.8, 4) is 0 Å². The van der Waals surface area contributed by atoms with Gasteiger partial charge in [0.05, 0.1) is 5.69 Å². The molecule has 1 heteroatoms. The van der Waals surface area contributed by atoms with Gasteiger partial charge in [0, 0.05) is 6.20 Å². The molecule has 1 aromatic heterocycles. The van der Waals surface area contributed by atoms with Crippen molar-refractivity contribution in [1.82, 2.24) is 4.98 Å². The topological polar surface area (TPSA) is 12.9 Å². The molecule has 0 spiro atoms. The third-order valence-electron chi connectivity index (χ3n) is 1.50. The minimum Gasteiger partial charge on any atom is -0.256 e. The van der Waals surface area contributed by atoms with Crippen LogP contribution in [-0.2, 0) is 0 Å². The van der Waals surface area contributed by atoms with E-state index in [4.69, 9.17) is 0 Å². The zero-order valence-corrected chi connectivity index (χ0v) is 8.67. The normalized spacial score (nSPS) is 8.23. The Morgan fingerprint density at radius 2 is 1.85 bits per heavy atom. The van der Waals surface area contributed by atoms with Gasteiger partial charge in [-0.25, -0.2) is 0 Å². The quantitative estimate of drug-likeness (QED) is 0.667. The van der Waals surface area contributed by atoms with E-state index in [2.05, 4.69) is 18.1 Å². The second kappa shape index (κ2) is 6.18. The Bertz CT molecular complexity index is 287. The third-order valence-corrected chi connectivity index (χ3v) is 1.50. The van der Waals surface area contributed by atoms with Crippen LogP contribution in [0.4, 0.5) is 0 Å². The van der Waals surface area contributed by atoms with Crippen LogP contribution in [0.15, 0.2) is 25.4 Å². The lowest BCUT2D eigenvalue weighted by Gasteiger charge is -1.99. The van der Waals surface area contributed by atoms with E-state index in [0.29, 0.717) is 0 Å². The van der Waals surface area contributed by atoms with Crippen molar-refractivity contribution >= 4 is 12.2 Å². The molecule has 13 heavy (non-hydrogen) atoms. The maximum Gasteiger partial charge on any atom is 0.0696 e. The summed E-state index contributed by atoms with van der Waals surface area (Å²) in [7, 11) is 0. The van der Waals surface area contributed by atoms with Gasteiger partial charge in [0.2, 0.25) is 0 Å². The average Bonchev–Trinajstić information content (AvgIpc) is 2.20. The van der Waals surface area contributed by atoms with Crippen LogP contribution >= 0.6 is 0 Å². The molecule has 0 aliphatic heterocycles. The van der Waals surface area contributed by atoms with E-state index in [0.717, 1.165) is 16.8 Å². The predicted molar refractivity (Wildman–Crippen MR) is 60.5 cm³/mol. The van der Waals surface area contributed by atoms with Crippen LogP contribution in [0.5, 0.6) is 0 Å². The number of pyridine rings is 1. The molecular weight excluding hydrogens is 158 g/mol. The van der Waals surface area contributed by atoms with E-state index < -0.39 is 0 Å². The number of nitrogens with zero attached hydrogens (tertiary/aromatic N) is 1. The number of aromatic nitrogens is 1. The van der Waals surface area contributed by atoms with Crippen molar-refractivity contribution in [3.05, 3.63) is 42.2 Å². The van der Waals surface area contributed by atoms with E-state index in [-0.39, 0.29) is 0 Å². The molecule has 0 N–H and O–H groups in total. The highest BCUT2D eigenvalue weighted by Crippen LogP contribution is 2.10. The molecule has 70 valence electrons. The lowest BCUT2D eigenvalue weighted by molar-refractivity contribution is 1.23. The second-order valence-corrected chi connectivity index (χ2v) is 2.40. The second-order valence-electron chi connectivity index (χ2n) is 2.40. The number of hydrogen-bond donors (Lipinski definition) is 0. The molecular formula is C12H17N. The molecule has 0 saturated carbocycles. The van der Waals surface area contributed by atoms with Crippen molar-refractivity contribution in [2.75, 3.05) is 0 Å². The molecule has 0 fully saturated rings. The van der Waals surface area contributed by atoms with Gasteiger partial charge in [0.15, 0.2) is 0 Å². The predicted octanol–water partition coefficient (Wildman–Crippen LogP) is 3.70. The smallest absolute Gasteiger partial charge is 0.0696 e. The Hall–Kier alpha value is -1.37. The van der Waals surface area contributed by atoms with Crippen molar-refractivity contribution < 1.29 is 0 Å². The van der Waals surface area contributed by atoms with Gasteiger partial charge in [-0.1, -0.05) is 33.1 Å². The molecule has 0 amide bonds. The molecule has 0 bridgehead atoms. The van der Waals surface area contributed by atoms with Gasteiger partial charge in [0.25, 0.3) is 0 Å². The zero-order chi connectivity index (χ0) is 10.3. The molecule has 0 radical (unpaired) electrons. The summed E-state index contributed by atoms with van der Waals surface area (Å²) in [6.45, 7) is 13.4. The van der Waals surface area contributed by atoms with Crippen LogP contribution in [-0.4, -0.2) is 4.98 Å². The maximum absolute atomic E-state index is 4.18. The molecule has 0 aromatic carbocycles. The summed E-state index contributed by atoms with van der Waals surface area (Å²) in [6.07, 6.45) is 5.34. The summed E-state index contributed by atoms with van der Waals surface area (Å²) >= 11 is 0. The summed E-state index contributed by atoms with van der Waals surface area (Å²) in [4.78, 5) is 4.18. The first-order valence-electron chi connectivity index (χ1n) is 4.49. The highest BCUT2D eigenvalue weighted by Gasteiger charge is 1.95. The highest BCUT2D eigenvalue weighted by atomic mass is 14.7. The van der Waals surface area contributed by atoms with Gasteiger partial charge in [0.1, 0.15) is 0 Å². The van der Waals surface area contributed by atoms with Gasteiger partial charge in [-0.2, -0.15) is 0 Å². The molecule has 1 nitrogen and oxygen atoms in total. The standard InChI is InChI=1S/C10H11N.C2H6/c1-4-9-6-8(3)7-11-10(9)5-2;1-2/h4-7H,1-2H2,3H3;1-2H3. The first kappa shape index (κ1) is 11.6. The molecule has 0 unspecified atom stereocenters. The first-order chi connectivity index (χ1) is 6.27. The summed E-state index contributed by atoms with van der Waals surface area (Å²) in [5.41, 5.74) is 3.08. The Morgan fingerprint density at radius 3 is 2.31 bits per heavy atom. The van der Waals surface area contributed by atoms with E-state index >= 15 is 0 Å².